The fourth-order valence-corrected chi connectivity index (χ4v) is 3.86. The Morgan fingerprint density at radius 3 is 2.09 bits per heavy atom. The van der Waals surface area contributed by atoms with Crippen LogP contribution in [0.5, 0.6) is 0 Å². The second-order valence-electron chi connectivity index (χ2n) is 5.34. The molecule has 1 nitrogen and oxygen atoms in total. The van der Waals surface area contributed by atoms with Crippen LogP contribution >= 0.6 is 0 Å². The molecule has 0 N–H and O–H groups in total. The summed E-state index contributed by atoms with van der Waals surface area (Å²) >= 11 is 0. The molecule has 0 aromatic rings. The molecule has 4 aliphatic carbocycles. The average Bonchev–Trinajstić information content (AvgIpc) is 2.43. The fraction of sp³-hybridized carbons (Fsp3) is 0.900. The maximum absolute atomic E-state index is 11.7. The van der Waals surface area contributed by atoms with Gasteiger partial charge in [-0.2, -0.15) is 0 Å². The SMILES string of the molecule is CC1(C)[C@H]2[C@H]3C[C@]1(C)C(=O)[C@H]32. The van der Waals surface area contributed by atoms with Gasteiger partial charge in [-0.3, -0.25) is 4.79 Å². The molecule has 4 fully saturated rings. The third-order valence-electron chi connectivity index (χ3n) is 4.91. The Bertz CT molecular complexity index is 266. The minimum Gasteiger partial charge on any atom is -0.299 e. The van der Waals surface area contributed by atoms with Crippen molar-refractivity contribution in [2.45, 2.75) is 27.2 Å². The summed E-state index contributed by atoms with van der Waals surface area (Å²) in [5.74, 6) is 2.63. The molecule has 0 unspecified atom stereocenters. The Labute approximate surface area is 67.2 Å². The van der Waals surface area contributed by atoms with Crippen molar-refractivity contribution in [1.82, 2.24) is 0 Å². The van der Waals surface area contributed by atoms with Crippen LogP contribution in [0.15, 0.2) is 0 Å². The number of Topliss-reactive ketones (excluding diaryl/α,β-unsaturated/α-hetero) is 1. The number of rotatable bonds is 0. The molecule has 60 valence electrons. The molecule has 0 amide bonds. The van der Waals surface area contributed by atoms with Crippen molar-refractivity contribution in [2.24, 2.45) is 28.6 Å². The van der Waals surface area contributed by atoms with Gasteiger partial charge in [-0.25, -0.2) is 0 Å². The van der Waals surface area contributed by atoms with Crippen LogP contribution in [0.4, 0.5) is 0 Å². The number of hydrogen-bond acceptors (Lipinski definition) is 1. The largest absolute Gasteiger partial charge is 0.299 e. The van der Waals surface area contributed by atoms with Crippen LogP contribution in [0.25, 0.3) is 0 Å². The van der Waals surface area contributed by atoms with Crippen LogP contribution < -0.4 is 0 Å². The lowest BCUT2D eigenvalue weighted by atomic mass is 9.70. The van der Waals surface area contributed by atoms with Crippen molar-refractivity contribution in [1.29, 1.82) is 0 Å². The molecule has 0 saturated heterocycles. The van der Waals surface area contributed by atoms with Crippen molar-refractivity contribution in [3.8, 4) is 0 Å². The maximum atomic E-state index is 11.7. The molecule has 0 spiro atoms. The van der Waals surface area contributed by atoms with Gasteiger partial charge in [0.1, 0.15) is 5.78 Å². The Balaban J connectivity index is 2.23. The van der Waals surface area contributed by atoms with Gasteiger partial charge in [0.05, 0.1) is 0 Å². The van der Waals surface area contributed by atoms with E-state index in [1.165, 1.54) is 6.42 Å². The summed E-state index contributed by atoms with van der Waals surface area (Å²) in [6.45, 7) is 6.74. The monoisotopic (exact) mass is 150 g/mol. The van der Waals surface area contributed by atoms with Crippen molar-refractivity contribution >= 4 is 5.78 Å². The lowest BCUT2D eigenvalue weighted by Crippen LogP contribution is -2.32. The van der Waals surface area contributed by atoms with E-state index in [1.54, 1.807) is 0 Å². The molecule has 11 heavy (non-hydrogen) atoms. The van der Waals surface area contributed by atoms with E-state index in [0.29, 0.717) is 17.1 Å². The molecule has 0 radical (unpaired) electrons. The van der Waals surface area contributed by atoms with Gasteiger partial charge in [-0.15, -0.1) is 0 Å². The first-order chi connectivity index (χ1) is 5.00. The van der Waals surface area contributed by atoms with Gasteiger partial charge in [0.25, 0.3) is 0 Å². The Hall–Kier alpha value is -0.330. The quantitative estimate of drug-likeness (QED) is 0.515. The van der Waals surface area contributed by atoms with Crippen LogP contribution in [0.1, 0.15) is 27.2 Å². The molecular formula is C10H14O. The highest BCUT2D eigenvalue weighted by Gasteiger charge is 2.82. The van der Waals surface area contributed by atoms with Gasteiger partial charge >= 0.3 is 0 Å². The summed E-state index contributed by atoms with van der Waals surface area (Å²) in [4.78, 5) is 11.7. The first-order valence-corrected chi connectivity index (χ1v) is 4.54. The highest BCUT2D eigenvalue weighted by Crippen LogP contribution is 2.81. The molecule has 0 aliphatic heterocycles. The zero-order valence-corrected chi connectivity index (χ0v) is 7.35. The summed E-state index contributed by atoms with van der Waals surface area (Å²) in [5.41, 5.74) is 0.381. The normalized spacial score (nSPS) is 62.1. The second-order valence-corrected chi connectivity index (χ2v) is 5.34. The molecule has 4 saturated carbocycles. The first kappa shape index (κ1) is 6.22. The number of carbonyl (C=O) groups is 1. The average molecular weight is 150 g/mol. The van der Waals surface area contributed by atoms with Gasteiger partial charge in [0.15, 0.2) is 0 Å². The second kappa shape index (κ2) is 1.19. The predicted molar refractivity (Wildman–Crippen MR) is 42.0 cm³/mol. The Morgan fingerprint density at radius 2 is 2.00 bits per heavy atom. The standard InChI is InChI=1S/C10H14O/c1-9(2)7-5-4-10(9,3)8(11)6(5)7/h5-7H,4H2,1-3H3/t5-,6+,7-,10+/m0/s1. The third kappa shape index (κ3) is 0.361. The van der Waals surface area contributed by atoms with E-state index in [2.05, 4.69) is 20.8 Å². The summed E-state index contributed by atoms with van der Waals surface area (Å²) in [6, 6.07) is 0. The number of hydrogen-bond donors (Lipinski definition) is 0. The maximum Gasteiger partial charge on any atom is 0.142 e. The lowest BCUT2D eigenvalue weighted by molar-refractivity contribution is -0.127. The van der Waals surface area contributed by atoms with E-state index in [0.717, 1.165) is 11.8 Å². The summed E-state index contributed by atoms with van der Waals surface area (Å²) in [5, 5.41) is 0. The number of carbonyl (C=O) groups excluding carboxylic acids is 1. The van der Waals surface area contributed by atoms with Crippen molar-refractivity contribution in [3.63, 3.8) is 0 Å². The van der Waals surface area contributed by atoms with E-state index in [4.69, 9.17) is 0 Å². The highest BCUT2D eigenvalue weighted by atomic mass is 16.1. The Kier molecular flexibility index (Phi) is 0.675. The smallest absolute Gasteiger partial charge is 0.142 e. The molecule has 0 aromatic heterocycles. The molecule has 4 aliphatic rings. The zero-order chi connectivity index (χ0) is 8.02. The van der Waals surface area contributed by atoms with Gasteiger partial charge in [0, 0.05) is 11.3 Å². The number of ketones is 1. The predicted octanol–water partition coefficient (Wildman–Crippen LogP) is 1.87. The minimum absolute atomic E-state index is 0.0625. The summed E-state index contributed by atoms with van der Waals surface area (Å²) < 4.78 is 0. The third-order valence-corrected chi connectivity index (χ3v) is 4.91. The van der Waals surface area contributed by atoms with Gasteiger partial charge in [-0.1, -0.05) is 20.8 Å². The molecule has 4 bridgehead atoms. The van der Waals surface area contributed by atoms with Crippen LogP contribution in [-0.4, -0.2) is 5.78 Å². The van der Waals surface area contributed by atoms with E-state index in [1.807, 2.05) is 0 Å². The van der Waals surface area contributed by atoms with E-state index in [9.17, 15) is 4.79 Å². The molecule has 4 rings (SSSR count). The molecule has 4 atom stereocenters. The minimum atomic E-state index is 0.0625. The summed E-state index contributed by atoms with van der Waals surface area (Å²) in [6.07, 6.45) is 1.19. The zero-order valence-electron chi connectivity index (χ0n) is 7.35. The van der Waals surface area contributed by atoms with Crippen molar-refractivity contribution in [2.75, 3.05) is 0 Å². The van der Waals surface area contributed by atoms with Gasteiger partial charge in [-0.05, 0) is 23.7 Å². The van der Waals surface area contributed by atoms with Crippen LogP contribution in [0.3, 0.4) is 0 Å². The van der Waals surface area contributed by atoms with Crippen molar-refractivity contribution < 1.29 is 4.79 Å². The van der Waals surface area contributed by atoms with Crippen LogP contribution in [-0.2, 0) is 4.79 Å². The molecular weight excluding hydrogens is 136 g/mol. The topological polar surface area (TPSA) is 17.1 Å². The first-order valence-electron chi connectivity index (χ1n) is 4.54. The molecule has 0 aromatic carbocycles. The Morgan fingerprint density at radius 1 is 1.36 bits per heavy atom. The van der Waals surface area contributed by atoms with Crippen molar-refractivity contribution in [3.05, 3.63) is 0 Å². The van der Waals surface area contributed by atoms with Crippen LogP contribution in [0.2, 0.25) is 0 Å². The van der Waals surface area contributed by atoms with E-state index in [-0.39, 0.29) is 5.41 Å². The van der Waals surface area contributed by atoms with Gasteiger partial charge < -0.3 is 0 Å². The fourth-order valence-electron chi connectivity index (χ4n) is 3.86. The lowest BCUT2D eigenvalue weighted by Gasteiger charge is -2.32. The van der Waals surface area contributed by atoms with E-state index >= 15 is 0 Å². The highest BCUT2D eigenvalue weighted by molar-refractivity contribution is 5.97. The van der Waals surface area contributed by atoms with Crippen LogP contribution in [0, 0.1) is 28.6 Å². The molecule has 0 heterocycles. The van der Waals surface area contributed by atoms with Gasteiger partial charge in [0.2, 0.25) is 0 Å². The molecule has 1 heteroatoms. The summed E-state index contributed by atoms with van der Waals surface area (Å²) in [7, 11) is 0. The van der Waals surface area contributed by atoms with E-state index < -0.39 is 0 Å².